The molecular formula is C11H12BrN5O2. The molecular weight excluding hydrogens is 314 g/mol. The monoisotopic (exact) mass is 325 g/mol. The summed E-state index contributed by atoms with van der Waals surface area (Å²) in [7, 11) is 0. The van der Waals surface area contributed by atoms with E-state index in [0.29, 0.717) is 28.8 Å². The van der Waals surface area contributed by atoms with Crippen molar-refractivity contribution in [1.82, 2.24) is 15.0 Å². The van der Waals surface area contributed by atoms with Crippen LogP contribution in [0.25, 0.3) is 5.69 Å². The van der Waals surface area contributed by atoms with Crippen LogP contribution in [0.3, 0.4) is 0 Å². The van der Waals surface area contributed by atoms with Crippen molar-refractivity contribution in [2.45, 2.75) is 13.3 Å². The summed E-state index contributed by atoms with van der Waals surface area (Å²) < 4.78 is 2.00. The SMILES string of the molecule is Cc1cc(Br)c(-n2cc(CCN)nn2)c([N+](=O)[O-])c1. The van der Waals surface area contributed by atoms with E-state index in [-0.39, 0.29) is 5.69 Å². The molecule has 0 bridgehead atoms. The van der Waals surface area contributed by atoms with E-state index in [1.54, 1.807) is 19.2 Å². The van der Waals surface area contributed by atoms with E-state index in [1.165, 1.54) is 10.7 Å². The van der Waals surface area contributed by atoms with Gasteiger partial charge in [-0.1, -0.05) is 5.21 Å². The molecule has 2 aromatic rings. The number of hydrogen-bond donors (Lipinski definition) is 1. The van der Waals surface area contributed by atoms with Gasteiger partial charge in [0, 0.05) is 12.5 Å². The number of halogens is 1. The van der Waals surface area contributed by atoms with E-state index in [9.17, 15) is 10.1 Å². The number of nitro groups is 1. The van der Waals surface area contributed by atoms with Crippen molar-refractivity contribution in [1.29, 1.82) is 0 Å². The Labute approximate surface area is 117 Å². The summed E-state index contributed by atoms with van der Waals surface area (Å²) in [6, 6.07) is 3.30. The average Bonchev–Trinajstić information content (AvgIpc) is 2.76. The smallest absolute Gasteiger partial charge is 0.296 e. The highest BCUT2D eigenvalue weighted by atomic mass is 79.9. The predicted molar refractivity (Wildman–Crippen MR) is 73.2 cm³/mol. The molecule has 2 N–H and O–H groups in total. The largest absolute Gasteiger partial charge is 0.330 e. The van der Waals surface area contributed by atoms with Crippen LogP contribution in [0, 0.1) is 17.0 Å². The summed E-state index contributed by atoms with van der Waals surface area (Å²) in [5.41, 5.74) is 7.29. The molecule has 19 heavy (non-hydrogen) atoms. The Hall–Kier alpha value is -1.80. The molecule has 8 heteroatoms. The Kier molecular flexibility index (Phi) is 3.91. The van der Waals surface area contributed by atoms with Gasteiger partial charge < -0.3 is 5.73 Å². The van der Waals surface area contributed by atoms with E-state index in [0.717, 1.165) is 5.56 Å². The molecule has 0 atom stereocenters. The normalized spacial score (nSPS) is 10.7. The molecule has 1 aromatic heterocycles. The van der Waals surface area contributed by atoms with Crippen LogP contribution in [-0.2, 0) is 6.42 Å². The highest BCUT2D eigenvalue weighted by Crippen LogP contribution is 2.31. The van der Waals surface area contributed by atoms with Crippen LogP contribution in [0.1, 0.15) is 11.3 Å². The first-order valence-corrected chi connectivity index (χ1v) is 6.38. The molecule has 0 fully saturated rings. The molecule has 0 amide bonds. The van der Waals surface area contributed by atoms with Gasteiger partial charge in [0.05, 0.1) is 21.3 Å². The van der Waals surface area contributed by atoms with Crippen LogP contribution >= 0.6 is 15.9 Å². The maximum atomic E-state index is 11.1. The summed E-state index contributed by atoms with van der Waals surface area (Å²) in [5, 5.41) is 19.0. The Bertz CT molecular complexity index is 626. The van der Waals surface area contributed by atoms with Crippen molar-refractivity contribution in [2.75, 3.05) is 6.54 Å². The number of benzene rings is 1. The van der Waals surface area contributed by atoms with Gasteiger partial charge in [0.2, 0.25) is 0 Å². The van der Waals surface area contributed by atoms with Gasteiger partial charge in [-0.15, -0.1) is 5.10 Å². The number of nitro benzene ring substituents is 1. The minimum atomic E-state index is -0.433. The van der Waals surface area contributed by atoms with E-state index >= 15 is 0 Å². The van der Waals surface area contributed by atoms with Crippen molar-refractivity contribution in [3.63, 3.8) is 0 Å². The topological polar surface area (TPSA) is 99.9 Å². The van der Waals surface area contributed by atoms with Crippen molar-refractivity contribution < 1.29 is 4.92 Å². The van der Waals surface area contributed by atoms with Gasteiger partial charge in [0.1, 0.15) is 0 Å². The molecule has 0 unspecified atom stereocenters. The summed E-state index contributed by atoms with van der Waals surface area (Å²) in [6.07, 6.45) is 2.23. The molecule has 0 aliphatic heterocycles. The van der Waals surface area contributed by atoms with Gasteiger partial charge in [0.25, 0.3) is 5.69 Å². The zero-order chi connectivity index (χ0) is 14.0. The number of rotatable bonds is 4. The minimum Gasteiger partial charge on any atom is -0.330 e. The molecule has 1 aromatic carbocycles. The zero-order valence-corrected chi connectivity index (χ0v) is 11.8. The lowest BCUT2D eigenvalue weighted by Crippen LogP contribution is -2.03. The van der Waals surface area contributed by atoms with Gasteiger partial charge in [-0.05, 0) is 41.0 Å². The van der Waals surface area contributed by atoms with Crippen LogP contribution in [0.5, 0.6) is 0 Å². The summed E-state index contributed by atoms with van der Waals surface area (Å²) in [4.78, 5) is 10.7. The number of nitrogens with two attached hydrogens (primary N) is 1. The maximum absolute atomic E-state index is 11.1. The molecule has 0 aliphatic rings. The second kappa shape index (κ2) is 5.45. The Balaban J connectivity index is 2.56. The zero-order valence-electron chi connectivity index (χ0n) is 10.2. The fourth-order valence-electron chi connectivity index (χ4n) is 1.75. The Morgan fingerprint density at radius 3 is 2.89 bits per heavy atom. The number of aryl methyl sites for hydroxylation is 1. The molecule has 0 spiro atoms. The first kappa shape index (κ1) is 13.6. The van der Waals surface area contributed by atoms with Crippen molar-refractivity contribution in [3.8, 4) is 5.69 Å². The van der Waals surface area contributed by atoms with Crippen LogP contribution in [0.2, 0.25) is 0 Å². The third-order valence-electron chi connectivity index (χ3n) is 2.55. The molecule has 2 rings (SSSR count). The van der Waals surface area contributed by atoms with Crippen molar-refractivity contribution in [2.24, 2.45) is 5.73 Å². The van der Waals surface area contributed by atoms with Gasteiger partial charge in [-0.2, -0.15) is 0 Å². The molecule has 0 radical (unpaired) electrons. The Morgan fingerprint density at radius 2 is 2.26 bits per heavy atom. The van der Waals surface area contributed by atoms with Crippen LogP contribution in [0.4, 0.5) is 5.69 Å². The van der Waals surface area contributed by atoms with Crippen LogP contribution in [-0.4, -0.2) is 26.5 Å². The van der Waals surface area contributed by atoms with Gasteiger partial charge in [0.15, 0.2) is 5.69 Å². The number of nitrogens with zero attached hydrogens (tertiary/aromatic N) is 4. The van der Waals surface area contributed by atoms with Crippen molar-refractivity contribution in [3.05, 3.63) is 44.2 Å². The third-order valence-corrected chi connectivity index (χ3v) is 3.16. The molecule has 0 saturated carbocycles. The van der Waals surface area contributed by atoms with Crippen LogP contribution in [0.15, 0.2) is 22.8 Å². The minimum absolute atomic E-state index is 0.0175. The number of aromatic nitrogens is 3. The highest BCUT2D eigenvalue weighted by Gasteiger charge is 2.20. The van der Waals surface area contributed by atoms with Gasteiger partial charge in [-0.3, -0.25) is 10.1 Å². The lowest BCUT2D eigenvalue weighted by atomic mass is 10.2. The Morgan fingerprint density at radius 1 is 1.53 bits per heavy atom. The lowest BCUT2D eigenvalue weighted by molar-refractivity contribution is -0.384. The van der Waals surface area contributed by atoms with Crippen LogP contribution < -0.4 is 5.73 Å². The predicted octanol–water partition coefficient (Wildman–Crippen LogP) is 1.75. The summed E-state index contributed by atoms with van der Waals surface area (Å²) >= 11 is 3.33. The van der Waals surface area contributed by atoms with E-state index < -0.39 is 4.92 Å². The lowest BCUT2D eigenvalue weighted by Gasteiger charge is -2.06. The number of hydrogen-bond acceptors (Lipinski definition) is 5. The molecule has 100 valence electrons. The van der Waals surface area contributed by atoms with E-state index in [2.05, 4.69) is 26.2 Å². The average molecular weight is 326 g/mol. The maximum Gasteiger partial charge on any atom is 0.296 e. The fraction of sp³-hybridized carbons (Fsp3) is 0.273. The second-order valence-electron chi connectivity index (χ2n) is 4.06. The standard InChI is InChI=1S/C11H12BrN5O2/c1-7-4-9(12)11(10(5-7)17(18)19)16-6-8(2-3-13)14-15-16/h4-6H,2-3,13H2,1H3. The van der Waals surface area contributed by atoms with E-state index in [4.69, 9.17) is 5.73 Å². The molecule has 7 nitrogen and oxygen atoms in total. The second-order valence-corrected chi connectivity index (χ2v) is 4.92. The fourth-order valence-corrected chi connectivity index (χ4v) is 2.50. The first-order valence-electron chi connectivity index (χ1n) is 5.59. The molecule has 1 heterocycles. The molecule has 0 aliphatic carbocycles. The van der Waals surface area contributed by atoms with Gasteiger partial charge >= 0.3 is 0 Å². The van der Waals surface area contributed by atoms with Crippen molar-refractivity contribution >= 4 is 21.6 Å². The molecule has 0 saturated heterocycles. The highest BCUT2D eigenvalue weighted by molar-refractivity contribution is 9.10. The first-order chi connectivity index (χ1) is 9.02. The summed E-state index contributed by atoms with van der Waals surface area (Å²) in [5.74, 6) is 0. The van der Waals surface area contributed by atoms with E-state index in [1.807, 2.05) is 0 Å². The van der Waals surface area contributed by atoms with Gasteiger partial charge in [-0.25, -0.2) is 4.68 Å². The quantitative estimate of drug-likeness (QED) is 0.681. The third kappa shape index (κ3) is 2.79. The summed E-state index contributed by atoms with van der Waals surface area (Å²) in [6.45, 7) is 2.25.